The fourth-order valence-corrected chi connectivity index (χ4v) is 1.46. The zero-order valence-corrected chi connectivity index (χ0v) is 13.7. The molecule has 0 heteroatoms. The first kappa shape index (κ1) is 19.3. The van der Waals surface area contributed by atoms with Crippen molar-refractivity contribution in [2.75, 3.05) is 0 Å². The van der Waals surface area contributed by atoms with Crippen LogP contribution in [0.5, 0.6) is 0 Å². The summed E-state index contributed by atoms with van der Waals surface area (Å²) in [6, 6.07) is 0. The summed E-state index contributed by atoms with van der Waals surface area (Å²) in [5, 5.41) is 0. The Morgan fingerprint density at radius 3 is 1.00 bits per heavy atom. The van der Waals surface area contributed by atoms with Crippen molar-refractivity contribution in [3.05, 3.63) is 0 Å². The highest BCUT2D eigenvalue weighted by molar-refractivity contribution is 4.51. The Labute approximate surface area is 112 Å². The van der Waals surface area contributed by atoms with E-state index in [9.17, 15) is 0 Å². The zero-order chi connectivity index (χ0) is 13.7. The monoisotopic (exact) mass is 242 g/mol. The molecule has 1 fully saturated rings. The molecule has 106 valence electrons. The van der Waals surface area contributed by atoms with Crippen molar-refractivity contribution in [2.24, 2.45) is 17.8 Å². The molecule has 1 rings (SSSR count). The summed E-state index contributed by atoms with van der Waals surface area (Å²) in [6.07, 6.45) is 10.2. The second kappa shape index (κ2) is 14.1. The van der Waals surface area contributed by atoms with Gasteiger partial charge >= 0.3 is 0 Å². The van der Waals surface area contributed by atoms with E-state index < -0.39 is 0 Å². The number of rotatable bonds is 3. The van der Waals surface area contributed by atoms with Gasteiger partial charge in [0.15, 0.2) is 0 Å². The smallest absolute Gasteiger partial charge is 0.0448 e. The summed E-state index contributed by atoms with van der Waals surface area (Å²) in [7, 11) is 0. The standard InChI is InChI=1S/2C6H14.C5H10/c1-5(2)6(3)4;1-4-5-6(2)3;1-2-4-5-3-1/h5-6H,1-4H3;6H,4-5H2,1-3H3;1-5H2. The lowest BCUT2D eigenvalue weighted by atomic mass is 10.0. The summed E-state index contributed by atoms with van der Waals surface area (Å²) >= 11 is 0. The van der Waals surface area contributed by atoms with Crippen LogP contribution in [0.1, 0.15) is 93.4 Å². The van der Waals surface area contributed by atoms with E-state index in [-0.39, 0.29) is 0 Å². The molecular formula is C17H38. The lowest BCUT2D eigenvalue weighted by molar-refractivity contribution is 0.457. The molecule has 0 unspecified atom stereocenters. The van der Waals surface area contributed by atoms with Crippen molar-refractivity contribution >= 4 is 0 Å². The van der Waals surface area contributed by atoms with Gasteiger partial charge in [0.05, 0.1) is 0 Å². The first-order valence-electron chi connectivity index (χ1n) is 7.91. The van der Waals surface area contributed by atoms with E-state index in [0.717, 1.165) is 17.8 Å². The molecule has 0 spiro atoms. The van der Waals surface area contributed by atoms with Gasteiger partial charge in [-0.1, -0.05) is 93.4 Å². The summed E-state index contributed by atoms with van der Waals surface area (Å²) in [4.78, 5) is 0. The molecule has 0 radical (unpaired) electrons. The maximum atomic E-state index is 2.25. The Kier molecular flexibility index (Phi) is 16.0. The average Bonchev–Trinajstić information content (AvgIpc) is 2.75. The highest BCUT2D eigenvalue weighted by Crippen LogP contribution is 2.15. The second-order valence-corrected chi connectivity index (χ2v) is 6.44. The molecule has 0 nitrogen and oxygen atoms in total. The van der Waals surface area contributed by atoms with E-state index in [4.69, 9.17) is 0 Å². The van der Waals surface area contributed by atoms with Gasteiger partial charge in [-0.15, -0.1) is 0 Å². The van der Waals surface area contributed by atoms with E-state index in [0.29, 0.717) is 0 Å². The molecule has 17 heavy (non-hydrogen) atoms. The molecule has 0 aromatic carbocycles. The van der Waals surface area contributed by atoms with Gasteiger partial charge in [0.2, 0.25) is 0 Å². The highest BCUT2D eigenvalue weighted by atomic mass is 14.0. The van der Waals surface area contributed by atoms with Gasteiger partial charge in [-0.05, 0) is 17.8 Å². The van der Waals surface area contributed by atoms with Crippen molar-refractivity contribution < 1.29 is 0 Å². The van der Waals surface area contributed by atoms with Crippen LogP contribution in [0, 0.1) is 17.8 Å². The maximum absolute atomic E-state index is 2.25. The van der Waals surface area contributed by atoms with Crippen LogP contribution in [0.3, 0.4) is 0 Å². The molecule has 1 saturated carbocycles. The first-order chi connectivity index (χ1) is 7.91. The van der Waals surface area contributed by atoms with E-state index >= 15 is 0 Å². The molecule has 0 N–H and O–H groups in total. The molecule has 0 amide bonds. The van der Waals surface area contributed by atoms with Gasteiger partial charge in [0, 0.05) is 0 Å². The van der Waals surface area contributed by atoms with Gasteiger partial charge in [0.25, 0.3) is 0 Å². The summed E-state index contributed by atoms with van der Waals surface area (Å²) in [6.45, 7) is 15.7. The maximum Gasteiger partial charge on any atom is -0.0448 e. The number of hydrogen-bond acceptors (Lipinski definition) is 0. The van der Waals surface area contributed by atoms with Gasteiger partial charge in [0.1, 0.15) is 0 Å². The van der Waals surface area contributed by atoms with E-state index in [2.05, 4.69) is 48.5 Å². The summed E-state index contributed by atoms with van der Waals surface area (Å²) in [5.74, 6) is 2.60. The molecule has 1 aliphatic rings. The Morgan fingerprint density at radius 2 is 0.941 bits per heavy atom. The Bertz CT molecular complexity index is 104. The van der Waals surface area contributed by atoms with Crippen molar-refractivity contribution in [1.82, 2.24) is 0 Å². The Balaban J connectivity index is 0. The van der Waals surface area contributed by atoms with Crippen LogP contribution in [0.4, 0.5) is 0 Å². The van der Waals surface area contributed by atoms with Crippen LogP contribution in [-0.2, 0) is 0 Å². The van der Waals surface area contributed by atoms with E-state index in [1.165, 1.54) is 44.9 Å². The second-order valence-electron chi connectivity index (χ2n) is 6.44. The van der Waals surface area contributed by atoms with Crippen LogP contribution >= 0.6 is 0 Å². The fourth-order valence-electron chi connectivity index (χ4n) is 1.46. The molecule has 0 bridgehead atoms. The summed E-state index contributed by atoms with van der Waals surface area (Å²) < 4.78 is 0. The van der Waals surface area contributed by atoms with Gasteiger partial charge in [-0.2, -0.15) is 0 Å². The molecule has 0 aromatic rings. The lowest BCUT2D eigenvalue weighted by Crippen LogP contribution is -1.95. The first-order valence-corrected chi connectivity index (χ1v) is 7.91. The normalized spacial score (nSPS) is 14.5. The van der Waals surface area contributed by atoms with Gasteiger partial charge < -0.3 is 0 Å². The van der Waals surface area contributed by atoms with E-state index in [1.807, 2.05) is 0 Å². The van der Waals surface area contributed by atoms with Crippen molar-refractivity contribution in [3.8, 4) is 0 Å². The van der Waals surface area contributed by atoms with Crippen LogP contribution in [0.25, 0.3) is 0 Å². The van der Waals surface area contributed by atoms with Crippen LogP contribution in [0.2, 0.25) is 0 Å². The zero-order valence-electron chi connectivity index (χ0n) is 13.7. The highest BCUT2D eigenvalue weighted by Gasteiger charge is 1.96. The Morgan fingerprint density at radius 1 is 0.647 bits per heavy atom. The molecule has 0 aromatic heterocycles. The molecule has 0 heterocycles. The topological polar surface area (TPSA) is 0 Å². The quantitative estimate of drug-likeness (QED) is 0.517. The fraction of sp³-hybridized carbons (Fsp3) is 1.00. The van der Waals surface area contributed by atoms with Crippen LogP contribution in [-0.4, -0.2) is 0 Å². The van der Waals surface area contributed by atoms with Crippen molar-refractivity contribution in [2.45, 2.75) is 93.4 Å². The minimum Gasteiger partial charge on any atom is -0.0654 e. The largest absolute Gasteiger partial charge is 0.0654 e. The minimum atomic E-state index is 0.852. The predicted molar refractivity (Wildman–Crippen MR) is 82.5 cm³/mol. The summed E-state index contributed by atoms with van der Waals surface area (Å²) in [5.41, 5.74) is 0. The molecule has 1 aliphatic carbocycles. The van der Waals surface area contributed by atoms with E-state index in [1.54, 1.807) is 0 Å². The molecule has 0 saturated heterocycles. The van der Waals surface area contributed by atoms with Gasteiger partial charge in [-0.25, -0.2) is 0 Å². The lowest BCUT2D eigenvalue weighted by Gasteiger charge is -2.05. The number of hydrogen-bond donors (Lipinski definition) is 0. The third-order valence-electron chi connectivity index (χ3n) is 3.45. The molecule has 0 atom stereocenters. The SMILES string of the molecule is C1CCCC1.CC(C)C(C)C.CCCC(C)C. The third kappa shape index (κ3) is 21.8. The van der Waals surface area contributed by atoms with Gasteiger partial charge in [-0.3, -0.25) is 0 Å². The molecule has 0 aliphatic heterocycles. The van der Waals surface area contributed by atoms with Crippen LogP contribution < -0.4 is 0 Å². The van der Waals surface area contributed by atoms with Crippen molar-refractivity contribution in [3.63, 3.8) is 0 Å². The molecular weight excluding hydrogens is 204 g/mol. The Hall–Kier alpha value is 0. The average molecular weight is 242 g/mol. The third-order valence-corrected chi connectivity index (χ3v) is 3.45. The predicted octanol–water partition coefficient (Wildman–Crippen LogP) is 6.69. The van der Waals surface area contributed by atoms with Crippen molar-refractivity contribution in [1.29, 1.82) is 0 Å². The van der Waals surface area contributed by atoms with Crippen LogP contribution in [0.15, 0.2) is 0 Å². The minimum absolute atomic E-state index is 0.852.